The zero-order valence-corrected chi connectivity index (χ0v) is 13.3. The van der Waals surface area contributed by atoms with Crippen LogP contribution >= 0.6 is 0 Å². The molecule has 1 N–H and O–H groups in total. The van der Waals surface area contributed by atoms with Crippen LogP contribution in [0, 0.1) is 11.8 Å². The van der Waals surface area contributed by atoms with Crippen LogP contribution in [0.3, 0.4) is 0 Å². The maximum absolute atomic E-state index is 5.31. The SMILES string of the molecule is COC[C@@H]1CCCN(Cc2cnc(CC3CCCC3)[nH]2)C1. The number of piperidine rings is 1. The first kappa shape index (κ1) is 15.0. The first-order valence-electron chi connectivity index (χ1n) is 8.57. The average molecular weight is 291 g/mol. The molecule has 1 atom stereocenters. The van der Waals surface area contributed by atoms with E-state index in [-0.39, 0.29) is 0 Å². The van der Waals surface area contributed by atoms with Gasteiger partial charge in [0.15, 0.2) is 0 Å². The molecule has 0 radical (unpaired) electrons. The standard InChI is InChI=1S/C17H29N3O/c1-21-13-15-7-4-8-20(11-15)12-16-10-18-17(19-16)9-14-5-2-3-6-14/h10,14-15H,2-9,11-13H2,1H3,(H,18,19)/t15-/m1/s1. The fraction of sp³-hybridized carbons (Fsp3) is 0.824. The number of H-pyrrole nitrogens is 1. The van der Waals surface area contributed by atoms with Gasteiger partial charge in [-0.2, -0.15) is 0 Å². The number of hydrogen-bond acceptors (Lipinski definition) is 3. The van der Waals surface area contributed by atoms with Gasteiger partial charge >= 0.3 is 0 Å². The zero-order valence-electron chi connectivity index (χ0n) is 13.3. The molecule has 0 unspecified atom stereocenters. The number of methoxy groups -OCH3 is 1. The molecule has 2 fully saturated rings. The fourth-order valence-electron chi connectivity index (χ4n) is 3.99. The highest BCUT2D eigenvalue weighted by Crippen LogP contribution is 2.27. The van der Waals surface area contributed by atoms with E-state index in [2.05, 4.69) is 14.9 Å². The first-order chi connectivity index (χ1) is 10.3. The van der Waals surface area contributed by atoms with Crippen LogP contribution in [0.5, 0.6) is 0 Å². The molecule has 1 aliphatic carbocycles. The largest absolute Gasteiger partial charge is 0.384 e. The molecule has 1 aromatic heterocycles. The van der Waals surface area contributed by atoms with Gasteiger partial charge in [0.25, 0.3) is 0 Å². The predicted octanol–water partition coefficient (Wildman–Crippen LogP) is 3.00. The van der Waals surface area contributed by atoms with Crippen molar-refractivity contribution in [3.8, 4) is 0 Å². The minimum Gasteiger partial charge on any atom is -0.384 e. The van der Waals surface area contributed by atoms with Crippen LogP contribution in [0.15, 0.2) is 6.20 Å². The van der Waals surface area contributed by atoms with Crippen LogP contribution in [-0.4, -0.2) is 41.7 Å². The molecule has 2 heterocycles. The molecule has 118 valence electrons. The second kappa shape index (κ2) is 7.41. The van der Waals surface area contributed by atoms with Crippen LogP contribution in [-0.2, 0) is 17.7 Å². The smallest absolute Gasteiger partial charge is 0.106 e. The summed E-state index contributed by atoms with van der Waals surface area (Å²) in [5.41, 5.74) is 1.28. The van der Waals surface area contributed by atoms with Gasteiger partial charge in [-0.15, -0.1) is 0 Å². The van der Waals surface area contributed by atoms with E-state index >= 15 is 0 Å². The van der Waals surface area contributed by atoms with Crippen molar-refractivity contribution < 1.29 is 4.74 Å². The van der Waals surface area contributed by atoms with Crippen molar-refractivity contribution in [1.82, 2.24) is 14.9 Å². The Morgan fingerprint density at radius 2 is 2.05 bits per heavy atom. The van der Waals surface area contributed by atoms with Gasteiger partial charge in [-0.1, -0.05) is 25.7 Å². The van der Waals surface area contributed by atoms with E-state index < -0.39 is 0 Å². The molecule has 1 aliphatic heterocycles. The molecule has 0 amide bonds. The van der Waals surface area contributed by atoms with Gasteiger partial charge in [0.1, 0.15) is 5.82 Å². The van der Waals surface area contributed by atoms with E-state index in [4.69, 9.17) is 4.74 Å². The van der Waals surface area contributed by atoms with Crippen molar-refractivity contribution in [2.75, 3.05) is 26.8 Å². The minimum absolute atomic E-state index is 0.699. The van der Waals surface area contributed by atoms with Crippen molar-refractivity contribution in [1.29, 1.82) is 0 Å². The summed E-state index contributed by atoms with van der Waals surface area (Å²) in [6, 6.07) is 0. The lowest BCUT2D eigenvalue weighted by molar-refractivity contribution is 0.0868. The molecule has 0 bridgehead atoms. The molecule has 21 heavy (non-hydrogen) atoms. The molecule has 1 aromatic rings. The summed E-state index contributed by atoms with van der Waals surface area (Å²) in [4.78, 5) is 10.7. The number of rotatable bonds is 6. The Labute approximate surface area is 128 Å². The number of imidazole rings is 1. The maximum Gasteiger partial charge on any atom is 0.106 e. The van der Waals surface area contributed by atoms with Gasteiger partial charge in [-0.3, -0.25) is 4.90 Å². The van der Waals surface area contributed by atoms with E-state index in [1.165, 1.54) is 56.6 Å². The fourth-order valence-corrected chi connectivity index (χ4v) is 3.99. The molecule has 1 saturated heterocycles. The predicted molar refractivity (Wildman–Crippen MR) is 84.1 cm³/mol. The number of ether oxygens (including phenoxy) is 1. The Hall–Kier alpha value is -0.870. The van der Waals surface area contributed by atoms with Crippen molar-refractivity contribution in [2.24, 2.45) is 11.8 Å². The average Bonchev–Trinajstić information content (AvgIpc) is 3.12. The van der Waals surface area contributed by atoms with E-state index in [0.29, 0.717) is 5.92 Å². The van der Waals surface area contributed by atoms with Crippen molar-refractivity contribution in [2.45, 2.75) is 51.5 Å². The summed E-state index contributed by atoms with van der Waals surface area (Å²) in [7, 11) is 1.81. The molecule has 3 rings (SSSR count). The lowest BCUT2D eigenvalue weighted by Gasteiger charge is -2.31. The van der Waals surface area contributed by atoms with Gasteiger partial charge in [0, 0.05) is 38.5 Å². The van der Waals surface area contributed by atoms with Crippen LogP contribution in [0.4, 0.5) is 0 Å². The minimum atomic E-state index is 0.699. The third-order valence-electron chi connectivity index (χ3n) is 5.04. The van der Waals surface area contributed by atoms with Gasteiger partial charge in [-0.25, -0.2) is 4.98 Å². The molecule has 0 aromatic carbocycles. The molecular weight excluding hydrogens is 262 g/mol. The highest BCUT2D eigenvalue weighted by atomic mass is 16.5. The number of nitrogens with zero attached hydrogens (tertiary/aromatic N) is 2. The molecule has 4 heteroatoms. The summed E-state index contributed by atoms with van der Waals surface area (Å²) in [5, 5.41) is 0. The highest BCUT2D eigenvalue weighted by molar-refractivity contribution is 5.02. The quantitative estimate of drug-likeness (QED) is 0.876. The Kier molecular flexibility index (Phi) is 5.31. The van der Waals surface area contributed by atoms with Gasteiger partial charge in [0.05, 0.1) is 6.61 Å². The lowest BCUT2D eigenvalue weighted by Crippen LogP contribution is -2.36. The number of likely N-dealkylation sites (tertiary alicyclic amines) is 1. The molecular formula is C17H29N3O. The van der Waals surface area contributed by atoms with E-state index in [1.54, 1.807) is 0 Å². The van der Waals surface area contributed by atoms with Crippen molar-refractivity contribution in [3.05, 3.63) is 17.7 Å². The maximum atomic E-state index is 5.31. The number of nitrogens with one attached hydrogen (secondary N) is 1. The second-order valence-corrected chi connectivity index (χ2v) is 6.91. The number of aromatic amines is 1. The highest BCUT2D eigenvalue weighted by Gasteiger charge is 2.21. The second-order valence-electron chi connectivity index (χ2n) is 6.91. The molecule has 0 spiro atoms. The molecule has 4 nitrogen and oxygen atoms in total. The topological polar surface area (TPSA) is 41.1 Å². The zero-order chi connectivity index (χ0) is 14.5. The monoisotopic (exact) mass is 291 g/mol. The van der Waals surface area contributed by atoms with Crippen molar-refractivity contribution >= 4 is 0 Å². The van der Waals surface area contributed by atoms with E-state index in [0.717, 1.165) is 32.0 Å². The summed E-state index contributed by atoms with van der Waals surface area (Å²) in [5.74, 6) is 2.76. The Morgan fingerprint density at radius 3 is 2.86 bits per heavy atom. The summed E-state index contributed by atoms with van der Waals surface area (Å²) in [6.07, 6.45) is 11.4. The summed E-state index contributed by atoms with van der Waals surface area (Å²) in [6.45, 7) is 4.27. The van der Waals surface area contributed by atoms with Gasteiger partial charge in [-0.05, 0) is 31.2 Å². The first-order valence-corrected chi connectivity index (χ1v) is 8.57. The Morgan fingerprint density at radius 1 is 1.24 bits per heavy atom. The van der Waals surface area contributed by atoms with Gasteiger partial charge in [0.2, 0.25) is 0 Å². The third kappa shape index (κ3) is 4.30. The molecule has 1 saturated carbocycles. The van der Waals surface area contributed by atoms with Crippen LogP contribution in [0.1, 0.15) is 50.0 Å². The molecule has 2 aliphatic rings. The summed E-state index contributed by atoms with van der Waals surface area (Å²) >= 11 is 0. The van der Waals surface area contributed by atoms with Crippen LogP contribution in [0.25, 0.3) is 0 Å². The van der Waals surface area contributed by atoms with Gasteiger partial charge < -0.3 is 9.72 Å². The number of hydrogen-bond donors (Lipinski definition) is 1. The third-order valence-corrected chi connectivity index (χ3v) is 5.04. The van der Waals surface area contributed by atoms with Crippen molar-refractivity contribution in [3.63, 3.8) is 0 Å². The van der Waals surface area contributed by atoms with Crippen LogP contribution < -0.4 is 0 Å². The normalized spacial score (nSPS) is 24.7. The van der Waals surface area contributed by atoms with Crippen LogP contribution in [0.2, 0.25) is 0 Å². The van der Waals surface area contributed by atoms with E-state index in [9.17, 15) is 0 Å². The number of aromatic nitrogens is 2. The summed E-state index contributed by atoms with van der Waals surface area (Å²) < 4.78 is 5.31. The van der Waals surface area contributed by atoms with E-state index in [1.807, 2.05) is 13.3 Å². The Bertz CT molecular complexity index is 423. The lowest BCUT2D eigenvalue weighted by atomic mass is 9.99. The Balaban J connectivity index is 1.49.